The molecule has 1 heterocycles. The Balaban J connectivity index is 2.17. The van der Waals surface area contributed by atoms with Crippen LogP contribution in [0.15, 0.2) is 42.6 Å². The molecule has 0 aliphatic heterocycles. The number of benzene rings is 1. The highest BCUT2D eigenvalue weighted by Gasteiger charge is 2.09. The van der Waals surface area contributed by atoms with Crippen LogP contribution in [0.2, 0.25) is 0 Å². The van der Waals surface area contributed by atoms with Gasteiger partial charge in [-0.05, 0) is 43.2 Å². The van der Waals surface area contributed by atoms with E-state index in [2.05, 4.69) is 4.98 Å². The van der Waals surface area contributed by atoms with E-state index in [1.807, 2.05) is 19.1 Å². The molecule has 0 saturated heterocycles. The number of pyridine rings is 1. The third-order valence-corrected chi connectivity index (χ3v) is 2.88. The number of hydrogen-bond donors (Lipinski definition) is 1. The van der Waals surface area contributed by atoms with Crippen molar-refractivity contribution in [1.29, 1.82) is 0 Å². The van der Waals surface area contributed by atoms with Crippen molar-refractivity contribution in [2.24, 2.45) is 5.73 Å². The van der Waals surface area contributed by atoms with Gasteiger partial charge in [0.05, 0.1) is 0 Å². The molecule has 0 aliphatic rings. The van der Waals surface area contributed by atoms with Gasteiger partial charge in [-0.1, -0.05) is 13.0 Å². The van der Waals surface area contributed by atoms with Crippen LogP contribution in [0.4, 0.5) is 4.39 Å². The number of nitrogens with zero attached hydrogens (tertiary/aromatic N) is 1. The summed E-state index contributed by atoms with van der Waals surface area (Å²) in [4.78, 5) is 4.21. The highest BCUT2D eigenvalue weighted by Crippen LogP contribution is 2.24. The first-order chi connectivity index (χ1) is 9.19. The summed E-state index contributed by atoms with van der Waals surface area (Å²) in [5, 5.41) is 0. The lowest BCUT2D eigenvalue weighted by Gasteiger charge is -2.12. The van der Waals surface area contributed by atoms with Gasteiger partial charge >= 0.3 is 0 Å². The minimum absolute atomic E-state index is 0.0831. The molecule has 4 heteroatoms. The summed E-state index contributed by atoms with van der Waals surface area (Å²) in [6, 6.07) is 9.75. The number of ether oxygens (including phenoxy) is 1. The van der Waals surface area contributed by atoms with E-state index in [1.54, 1.807) is 18.3 Å². The van der Waals surface area contributed by atoms with Gasteiger partial charge in [0.25, 0.3) is 0 Å². The quantitative estimate of drug-likeness (QED) is 0.897. The summed E-state index contributed by atoms with van der Waals surface area (Å²) in [5.74, 6) is 0.797. The standard InChI is InChI=1S/C15H17FN2O/c1-2-13(17)10-11-4-3-9-18-15(11)19-14-7-5-12(16)6-8-14/h3-9,13H,2,10,17H2,1H3. The molecule has 0 aliphatic carbocycles. The molecule has 0 radical (unpaired) electrons. The molecule has 2 N–H and O–H groups in total. The maximum atomic E-state index is 12.8. The van der Waals surface area contributed by atoms with Crippen LogP contribution >= 0.6 is 0 Å². The van der Waals surface area contributed by atoms with Crippen LogP contribution in [0, 0.1) is 5.82 Å². The SMILES string of the molecule is CCC(N)Cc1cccnc1Oc1ccc(F)cc1. The Morgan fingerprint density at radius 2 is 2.00 bits per heavy atom. The highest BCUT2D eigenvalue weighted by molar-refractivity contribution is 5.32. The predicted octanol–water partition coefficient (Wildman–Crippen LogP) is 3.29. The number of hydrogen-bond acceptors (Lipinski definition) is 3. The van der Waals surface area contributed by atoms with Gasteiger partial charge in [-0.25, -0.2) is 9.37 Å². The molecular formula is C15H17FN2O. The zero-order valence-electron chi connectivity index (χ0n) is 10.8. The first kappa shape index (κ1) is 13.5. The molecule has 0 bridgehead atoms. The monoisotopic (exact) mass is 260 g/mol. The molecular weight excluding hydrogens is 243 g/mol. The van der Waals surface area contributed by atoms with Gasteiger partial charge in [-0.15, -0.1) is 0 Å². The topological polar surface area (TPSA) is 48.1 Å². The van der Waals surface area contributed by atoms with Gasteiger partial charge in [-0.3, -0.25) is 0 Å². The van der Waals surface area contributed by atoms with Gasteiger partial charge < -0.3 is 10.5 Å². The molecule has 100 valence electrons. The molecule has 1 aromatic carbocycles. The lowest BCUT2D eigenvalue weighted by atomic mass is 10.1. The van der Waals surface area contributed by atoms with E-state index in [4.69, 9.17) is 10.5 Å². The summed E-state index contributed by atoms with van der Waals surface area (Å²) in [7, 11) is 0. The summed E-state index contributed by atoms with van der Waals surface area (Å²) >= 11 is 0. The summed E-state index contributed by atoms with van der Waals surface area (Å²) < 4.78 is 18.5. The Morgan fingerprint density at radius 1 is 1.26 bits per heavy atom. The minimum Gasteiger partial charge on any atom is -0.439 e. The molecule has 3 nitrogen and oxygen atoms in total. The van der Waals surface area contributed by atoms with Crippen molar-refractivity contribution in [3.05, 3.63) is 54.0 Å². The maximum absolute atomic E-state index is 12.8. The van der Waals surface area contributed by atoms with E-state index in [0.717, 1.165) is 12.0 Å². The number of rotatable bonds is 5. The Morgan fingerprint density at radius 3 is 2.68 bits per heavy atom. The summed E-state index contributed by atoms with van der Waals surface area (Å²) in [6.45, 7) is 2.04. The fourth-order valence-corrected chi connectivity index (χ4v) is 1.71. The fourth-order valence-electron chi connectivity index (χ4n) is 1.71. The number of halogens is 1. The largest absolute Gasteiger partial charge is 0.439 e. The van der Waals surface area contributed by atoms with Crippen LogP contribution in [-0.2, 0) is 6.42 Å². The van der Waals surface area contributed by atoms with Crippen LogP contribution in [0.3, 0.4) is 0 Å². The molecule has 1 unspecified atom stereocenters. The second kappa shape index (κ2) is 6.29. The van der Waals surface area contributed by atoms with Gasteiger partial charge in [0.15, 0.2) is 0 Å². The smallest absolute Gasteiger partial charge is 0.222 e. The van der Waals surface area contributed by atoms with Crippen molar-refractivity contribution < 1.29 is 9.13 Å². The highest BCUT2D eigenvalue weighted by atomic mass is 19.1. The lowest BCUT2D eigenvalue weighted by Crippen LogP contribution is -2.21. The molecule has 0 saturated carbocycles. The van der Waals surface area contributed by atoms with Gasteiger partial charge in [-0.2, -0.15) is 0 Å². The van der Waals surface area contributed by atoms with Crippen molar-refractivity contribution in [2.45, 2.75) is 25.8 Å². The molecule has 0 fully saturated rings. The average Bonchev–Trinajstić information content (AvgIpc) is 2.43. The van der Waals surface area contributed by atoms with Gasteiger partial charge in [0, 0.05) is 17.8 Å². The van der Waals surface area contributed by atoms with Crippen LogP contribution in [0.25, 0.3) is 0 Å². The zero-order chi connectivity index (χ0) is 13.7. The average molecular weight is 260 g/mol. The summed E-state index contributed by atoms with van der Waals surface area (Å²) in [5.41, 5.74) is 6.91. The van der Waals surface area contributed by atoms with Crippen LogP contribution in [0.1, 0.15) is 18.9 Å². The van der Waals surface area contributed by atoms with E-state index >= 15 is 0 Å². The first-order valence-corrected chi connectivity index (χ1v) is 6.32. The molecule has 1 aromatic heterocycles. The van der Waals surface area contributed by atoms with E-state index in [1.165, 1.54) is 12.1 Å². The van der Waals surface area contributed by atoms with Crippen molar-refractivity contribution in [3.8, 4) is 11.6 Å². The van der Waals surface area contributed by atoms with E-state index in [0.29, 0.717) is 18.1 Å². The minimum atomic E-state index is -0.290. The maximum Gasteiger partial charge on any atom is 0.222 e. The molecule has 2 aromatic rings. The normalized spacial score (nSPS) is 12.2. The van der Waals surface area contributed by atoms with Crippen LogP contribution < -0.4 is 10.5 Å². The van der Waals surface area contributed by atoms with E-state index in [9.17, 15) is 4.39 Å². The fraction of sp³-hybridized carbons (Fsp3) is 0.267. The van der Waals surface area contributed by atoms with E-state index in [-0.39, 0.29) is 11.9 Å². The van der Waals surface area contributed by atoms with Crippen LogP contribution in [0.5, 0.6) is 11.6 Å². The second-order valence-electron chi connectivity index (χ2n) is 4.40. The van der Waals surface area contributed by atoms with Crippen molar-refractivity contribution >= 4 is 0 Å². The summed E-state index contributed by atoms with van der Waals surface area (Å²) in [6.07, 6.45) is 3.27. The van der Waals surface area contributed by atoms with Crippen molar-refractivity contribution in [1.82, 2.24) is 4.98 Å². The number of nitrogens with two attached hydrogens (primary N) is 1. The number of aromatic nitrogens is 1. The van der Waals surface area contributed by atoms with Gasteiger partial charge in [0.1, 0.15) is 11.6 Å². The third-order valence-electron chi connectivity index (χ3n) is 2.88. The van der Waals surface area contributed by atoms with Crippen molar-refractivity contribution in [3.63, 3.8) is 0 Å². The Bertz CT molecular complexity index is 528. The van der Waals surface area contributed by atoms with E-state index < -0.39 is 0 Å². The lowest BCUT2D eigenvalue weighted by molar-refractivity contribution is 0.451. The first-order valence-electron chi connectivity index (χ1n) is 6.32. The second-order valence-corrected chi connectivity index (χ2v) is 4.40. The van der Waals surface area contributed by atoms with Crippen LogP contribution in [-0.4, -0.2) is 11.0 Å². The zero-order valence-corrected chi connectivity index (χ0v) is 10.8. The Hall–Kier alpha value is -1.94. The molecule has 0 spiro atoms. The third kappa shape index (κ3) is 3.76. The van der Waals surface area contributed by atoms with Gasteiger partial charge in [0.2, 0.25) is 5.88 Å². The molecule has 2 rings (SSSR count). The van der Waals surface area contributed by atoms with Crippen molar-refractivity contribution in [2.75, 3.05) is 0 Å². The predicted molar refractivity (Wildman–Crippen MR) is 72.7 cm³/mol. The molecule has 19 heavy (non-hydrogen) atoms. The molecule has 1 atom stereocenters. The Kier molecular flexibility index (Phi) is 4.47. The molecule has 0 amide bonds. The Labute approximate surface area is 112 Å².